The summed E-state index contributed by atoms with van der Waals surface area (Å²) in [6.07, 6.45) is 0. The number of hydrogen-bond acceptors (Lipinski definition) is 4. The fraction of sp³-hybridized carbons (Fsp3) is 0.0870. The molecule has 0 bridgehead atoms. The lowest BCUT2D eigenvalue weighted by Gasteiger charge is -2.29. The van der Waals surface area contributed by atoms with Crippen molar-refractivity contribution < 1.29 is 13.9 Å². The van der Waals surface area contributed by atoms with E-state index in [-0.39, 0.29) is 5.92 Å². The Bertz CT molecular complexity index is 1280. The number of benzene rings is 3. The second-order valence-corrected chi connectivity index (χ2v) is 7.50. The molecule has 4 aromatic rings. The zero-order valence-electron chi connectivity index (χ0n) is 14.9. The van der Waals surface area contributed by atoms with Crippen molar-refractivity contribution in [3.8, 4) is 17.2 Å². The second kappa shape index (κ2) is 6.53. The van der Waals surface area contributed by atoms with Crippen LogP contribution in [0.5, 0.6) is 17.2 Å². The van der Waals surface area contributed by atoms with Gasteiger partial charge in [0.05, 0.1) is 24.0 Å². The van der Waals surface area contributed by atoms with E-state index >= 15 is 0 Å². The number of methoxy groups -OCH3 is 1. The molecule has 1 aliphatic rings. The lowest BCUT2D eigenvalue weighted by Crippen LogP contribution is -2.21. The van der Waals surface area contributed by atoms with E-state index in [1.807, 2.05) is 60.7 Å². The number of ether oxygens (including phenoxy) is 2. The van der Waals surface area contributed by atoms with Gasteiger partial charge >= 0.3 is 5.63 Å². The van der Waals surface area contributed by atoms with Crippen LogP contribution < -0.4 is 15.1 Å². The summed E-state index contributed by atoms with van der Waals surface area (Å²) < 4.78 is 18.4. The Morgan fingerprint density at radius 3 is 2.61 bits per heavy atom. The minimum atomic E-state index is -0.407. The average Bonchev–Trinajstić information content (AvgIpc) is 2.72. The molecule has 1 aliphatic heterocycles. The van der Waals surface area contributed by atoms with Crippen LogP contribution in [0.3, 0.4) is 0 Å². The smallest absolute Gasteiger partial charge is 0.344 e. The van der Waals surface area contributed by atoms with Crippen LogP contribution in [0, 0.1) is 0 Å². The maximum Gasteiger partial charge on any atom is 0.344 e. The molecule has 0 N–H and O–H groups in total. The first-order valence-electron chi connectivity index (χ1n) is 8.83. The third-order valence-corrected chi connectivity index (χ3v) is 5.53. The molecular formula is C23H15BrO4. The zero-order chi connectivity index (χ0) is 19.3. The fourth-order valence-corrected chi connectivity index (χ4v) is 4.20. The summed E-state index contributed by atoms with van der Waals surface area (Å²) in [7, 11) is 1.63. The lowest BCUT2D eigenvalue weighted by atomic mass is 9.82. The van der Waals surface area contributed by atoms with Crippen LogP contribution in [-0.4, -0.2) is 7.11 Å². The van der Waals surface area contributed by atoms with Gasteiger partial charge in [-0.15, -0.1) is 0 Å². The van der Waals surface area contributed by atoms with Crippen LogP contribution >= 0.6 is 15.9 Å². The summed E-state index contributed by atoms with van der Waals surface area (Å²) in [4.78, 5) is 13.1. The summed E-state index contributed by atoms with van der Waals surface area (Å²) in [6.45, 7) is 0. The first-order valence-corrected chi connectivity index (χ1v) is 9.62. The van der Waals surface area contributed by atoms with Crippen LogP contribution in [0.15, 0.2) is 80.4 Å². The molecule has 0 spiro atoms. The van der Waals surface area contributed by atoms with Gasteiger partial charge in [-0.05, 0) is 36.4 Å². The quantitative estimate of drug-likeness (QED) is 0.327. The van der Waals surface area contributed by atoms with Crippen molar-refractivity contribution >= 4 is 26.9 Å². The minimum Gasteiger partial charge on any atom is -0.496 e. The maximum atomic E-state index is 13.1. The predicted octanol–water partition coefficient (Wildman–Crippen LogP) is 5.85. The van der Waals surface area contributed by atoms with Gasteiger partial charge in [-0.3, -0.25) is 0 Å². The average molecular weight is 435 g/mol. The van der Waals surface area contributed by atoms with Gasteiger partial charge in [-0.1, -0.05) is 46.3 Å². The zero-order valence-corrected chi connectivity index (χ0v) is 16.5. The standard InChI is InChI=1S/C23H15BrO4/c1-26-17-11-10-13(24)12-16(17)20-14-6-2-4-8-18(14)27-22-15-7-3-5-9-19(15)28-23(25)21(20)22/h2-12,20H,1H3. The molecule has 0 saturated heterocycles. The molecule has 0 radical (unpaired) electrons. The van der Waals surface area contributed by atoms with Crippen molar-refractivity contribution in [1.29, 1.82) is 0 Å². The normalized spacial score (nSPS) is 14.9. The Morgan fingerprint density at radius 1 is 0.964 bits per heavy atom. The van der Waals surface area contributed by atoms with Crippen LogP contribution in [-0.2, 0) is 0 Å². The van der Waals surface area contributed by atoms with Crippen LogP contribution in [0.4, 0.5) is 0 Å². The Hall–Kier alpha value is -3.05. The van der Waals surface area contributed by atoms with E-state index < -0.39 is 5.63 Å². The summed E-state index contributed by atoms with van der Waals surface area (Å²) in [6, 6.07) is 20.9. The predicted molar refractivity (Wildman–Crippen MR) is 111 cm³/mol. The first kappa shape index (κ1) is 17.1. The van der Waals surface area contributed by atoms with Crippen LogP contribution in [0.2, 0.25) is 0 Å². The molecule has 0 fully saturated rings. The molecule has 1 atom stereocenters. The van der Waals surface area contributed by atoms with E-state index in [2.05, 4.69) is 15.9 Å². The van der Waals surface area contributed by atoms with Gasteiger partial charge in [0.1, 0.15) is 22.8 Å². The van der Waals surface area contributed by atoms with Crippen molar-refractivity contribution in [2.45, 2.75) is 5.92 Å². The van der Waals surface area contributed by atoms with E-state index in [1.165, 1.54) is 0 Å². The van der Waals surface area contributed by atoms with Crippen LogP contribution in [0.1, 0.15) is 22.6 Å². The van der Waals surface area contributed by atoms with E-state index in [1.54, 1.807) is 13.2 Å². The summed E-state index contributed by atoms with van der Waals surface area (Å²) in [5.41, 5.74) is 2.35. The van der Waals surface area contributed by atoms with E-state index in [9.17, 15) is 4.79 Å². The van der Waals surface area contributed by atoms with Crippen molar-refractivity contribution in [3.05, 3.63) is 98.3 Å². The highest BCUT2D eigenvalue weighted by Crippen LogP contribution is 2.50. The van der Waals surface area contributed by atoms with Gasteiger partial charge in [0, 0.05) is 15.6 Å². The molecule has 1 unspecified atom stereocenters. The number of rotatable bonds is 2. The van der Waals surface area contributed by atoms with Gasteiger partial charge in [0.25, 0.3) is 0 Å². The molecule has 0 aliphatic carbocycles. The summed E-state index contributed by atoms with van der Waals surface area (Å²) in [5, 5.41) is 0.769. The van der Waals surface area contributed by atoms with E-state index in [0.717, 1.165) is 26.7 Å². The molecular weight excluding hydrogens is 420 g/mol. The van der Waals surface area contributed by atoms with Crippen molar-refractivity contribution in [1.82, 2.24) is 0 Å². The third kappa shape index (κ3) is 2.54. The van der Waals surface area contributed by atoms with Gasteiger partial charge in [0.15, 0.2) is 0 Å². The highest BCUT2D eigenvalue weighted by Gasteiger charge is 2.35. The van der Waals surface area contributed by atoms with Gasteiger partial charge < -0.3 is 13.9 Å². The Kier molecular flexibility index (Phi) is 3.98. The third-order valence-electron chi connectivity index (χ3n) is 5.03. The SMILES string of the molecule is COc1ccc(Br)cc1C1c2ccccc2Oc2c1c(=O)oc1ccccc21. The first-order chi connectivity index (χ1) is 13.7. The topological polar surface area (TPSA) is 48.7 Å². The molecule has 4 nitrogen and oxygen atoms in total. The van der Waals surface area contributed by atoms with Gasteiger partial charge in [-0.25, -0.2) is 4.79 Å². The van der Waals surface area contributed by atoms with E-state index in [4.69, 9.17) is 13.9 Å². The highest BCUT2D eigenvalue weighted by molar-refractivity contribution is 9.10. The van der Waals surface area contributed by atoms with E-state index in [0.29, 0.717) is 22.6 Å². The molecule has 2 heterocycles. The summed E-state index contributed by atoms with van der Waals surface area (Å²) >= 11 is 3.54. The Labute approximate surface area is 169 Å². The molecule has 5 heteroatoms. The highest BCUT2D eigenvalue weighted by atomic mass is 79.9. The largest absolute Gasteiger partial charge is 0.496 e. The van der Waals surface area contributed by atoms with Crippen molar-refractivity contribution in [3.63, 3.8) is 0 Å². The molecule has 0 amide bonds. The molecule has 0 saturated carbocycles. The fourth-order valence-electron chi connectivity index (χ4n) is 3.83. The van der Waals surface area contributed by atoms with Crippen molar-refractivity contribution in [2.75, 3.05) is 7.11 Å². The van der Waals surface area contributed by atoms with Crippen LogP contribution in [0.25, 0.3) is 11.0 Å². The maximum absolute atomic E-state index is 13.1. The van der Waals surface area contributed by atoms with Gasteiger partial charge in [0.2, 0.25) is 0 Å². The molecule has 1 aromatic heterocycles. The van der Waals surface area contributed by atoms with Crippen molar-refractivity contribution in [2.24, 2.45) is 0 Å². The summed E-state index contributed by atoms with van der Waals surface area (Å²) in [5.74, 6) is 1.59. The number of fused-ring (bicyclic) bond motifs is 4. The molecule has 138 valence electrons. The number of hydrogen-bond donors (Lipinski definition) is 0. The number of halogens is 1. The molecule has 5 rings (SSSR count). The number of para-hydroxylation sites is 2. The molecule has 28 heavy (non-hydrogen) atoms. The Balaban J connectivity index is 1.90. The minimum absolute atomic E-state index is 0.367. The Morgan fingerprint density at radius 2 is 1.75 bits per heavy atom. The lowest BCUT2D eigenvalue weighted by molar-refractivity contribution is 0.403. The molecule has 3 aromatic carbocycles. The van der Waals surface area contributed by atoms with Gasteiger partial charge in [-0.2, -0.15) is 0 Å². The monoisotopic (exact) mass is 434 g/mol. The second-order valence-electron chi connectivity index (χ2n) is 6.59.